The molecule has 0 amide bonds. The molecule has 0 aromatic carbocycles. The summed E-state index contributed by atoms with van der Waals surface area (Å²) in [4.78, 5) is 5.44. The van der Waals surface area contributed by atoms with E-state index in [9.17, 15) is 0 Å². The Hall–Kier alpha value is -0.120. The van der Waals surface area contributed by atoms with E-state index in [0.717, 1.165) is 19.1 Å². The number of nitrogens with zero attached hydrogens (tertiary/aromatic N) is 2. The zero-order valence-electron chi connectivity index (χ0n) is 14.0. The highest BCUT2D eigenvalue weighted by Gasteiger charge is 2.28. The molecule has 118 valence electrons. The highest BCUT2D eigenvalue weighted by Crippen LogP contribution is 2.25. The molecule has 0 aromatic rings. The first kappa shape index (κ1) is 16.3. The van der Waals surface area contributed by atoms with E-state index in [1.165, 1.54) is 64.8 Å². The molecule has 20 heavy (non-hydrogen) atoms. The lowest BCUT2D eigenvalue weighted by molar-refractivity contribution is 0.0728. The second-order valence-corrected chi connectivity index (χ2v) is 7.59. The molecule has 1 aliphatic heterocycles. The van der Waals surface area contributed by atoms with Crippen molar-refractivity contribution in [3.05, 3.63) is 0 Å². The van der Waals surface area contributed by atoms with Gasteiger partial charge < -0.3 is 10.2 Å². The standard InChI is InChI=1S/C17H35N3/c1-4-9-18-14-17(2,3)15-19-10-12-20(13-11-19)16-7-5-6-8-16/h16,18H,4-15H2,1-3H3. The summed E-state index contributed by atoms with van der Waals surface area (Å²) in [6.45, 7) is 15.7. The number of piperazine rings is 1. The Morgan fingerprint density at radius 1 is 1.05 bits per heavy atom. The molecule has 0 spiro atoms. The number of hydrogen-bond acceptors (Lipinski definition) is 3. The van der Waals surface area contributed by atoms with Gasteiger partial charge in [-0.3, -0.25) is 4.90 Å². The molecular formula is C17H35N3. The Morgan fingerprint density at radius 3 is 2.30 bits per heavy atom. The van der Waals surface area contributed by atoms with Gasteiger partial charge in [-0.25, -0.2) is 0 Å². The maximum absolute atomic E-state index is 3.58. The summed E-state index contributed by atoms with van der Waals surface area (Å²) >= 11 is 0. The zero-order chi connectivity index (χ0) is 14.4. The van der Waals surface area contributed by atoms with Crippen LogP contribution < -0.4 is 5.32 Å². The first-order valence-electron chi connectivity index (χ1n) is 8.78. The molecule has 0 atom stereocenters. The fraction of sp³-hybridized carbons (Fsp3) is 1.00. The van der Waals surface area contributed by atoms with Gasteiger partial charge in [0.05, 0.1) is 0 Å². The summed E-state index contributed by atoms with van der Waals surface area (Å²) in [5, 5.41) is 3.58. The Bertz CT molecular complexity index is 263. The van der Waals surface area contributed by atoms with Crippen LogP contribution in [0.3, 0.4) is 0 Å². The predicted octanol–water partition coefficient (Wildman–Crippen LogP) is 2.57. The zero-order valence-corrected chi connectivity index (χ0v) is 14.0. The third kappa shape index (κ3) is 5.01. The molecule has 1 N–H and O–H groups in total. The molecule has 1 saturated heterocycles. The van der Waals surface area contributed by atoms with Crippen molar-refractivity contribution in [2.45, 2.75) is 58.9 Å². The average Bonchev–Trinajstić information content (AvgIpc) is 2.93. The maximum atomic E-state index is 3.58. The van der Waals surface area contributed by atoms with E-state index >= 15 is 0 Å². The van der Waals surface area contributed by atoms with Crippen LogP contribution in [0.25, 0.3) is 0 Å². The Kier molecular flexibility index (Phi) is 6.31. The summed E-state index contributed by atoms with van der Waals surface area (Å²) in [5.41, 5.74) is 0.394. The fourth-order valence-electron chi connectivity index (χ4n) is 3.82. The van der Waals surface area contributed by atoms with Crippen molar-refractivity contribution in [3.63, 3.8) is 0 Å². The minimum Gasteiger partial charge on any atom is -0.316 e. The van der Waals surface area contributed by atoms with Crippen LogP contribution in [0, 0.1) is 5.41 Å². The maximum Gasteiger partial charge on any atom is 0.0113 e. The summed E-state index contributed by atoms with van der Waals surface area (Å²) in [6, 6.07) is 0.913. The lowest BCUT2D eigenvalue weighted by Gasteiger charge is -2.41. The van der Waals surface area contributed by atoms with E-state index < -0.39 is 0 Å². The van der Waals surface area contributed by atoms with Crippen LogP contribution in [0.1, 0.15) is 52.9 Å². The minimum atomic E-state index is 0.394. The minimum absolute atomic E-state index is 0.394. The molecule has 0 radical (unpaired) electrons. The SMILES string of the molecule is CCCNCC(C)(C)CN1CCN(C2CCCC2)CC1. The van der Waals surface area contributed by atoms with Crippen molar-refractivity contribution in [2.75, 3.05) is 45.8 Å². The third-order valence-corrected chi connectivity index (χ3v) is 4.93. The van der Waals surface area contributed by atoms with Gasteiger partial charge in [-0.15, -0.1) is 0 Å². The van der Waals surface area contributed by atoms with E-state index in [1.807, 2.05) is 0 Å². The second kappa shape index (κ2) is 7.77. The quantitative estimate of drug-likeness (QED) is 0.724. The van der Waals surface area contributed by atoms with Gasteiger partial charge in [0.1, 0.15) is 0 Å². The summed E-state index contributed by atoms with van der Waals surface area (Å²) in [7, 11) is 0. The van der Waals surface area contributed by atoms with E-state index in [2.05, 4.69) is 35.9 Å². The summed E-state index contributed by atoms with van der Waals surface area (Å²) < 4.78 is 0. The first-order valence-corrected chi connectivity index (χ1v) is 8.78. The van der Waals surface area contributed by atoms with Gasteiger partial charge in [0.2, 0.25) is 0 Å². The largest absolute Gasteiger partial charge is 0.316 e. The Labute approximate surface area is 126 Å². The van der Waals surface area contributed by atoms with Gasteiger partial charge in [0.25, 0.3) is 0 Å². The van der Waals surface area contributed by atoms with Gasteiger partial charge >= 0.3 is 0 Å². The van der Waals surface area contributed by atoms with Crippen LogP contribution in [0.15, 0.2) is 0 Å². The molecule has 0 bridgehead atoms. The van der Waals surface area contributed by atoms with Crippen LogP contribution in [-0.2, 0) is 0 Å². The molecule has 2 rings (SSSR count). The van der Waals surface area contributed by atoms with Crippen LogP contribution in [0.2, 0.25) is 0 Å². The van der Waals surface area contributed by atoms with Gasteiger partial charge in [-0.05, 0) is 31.2 Å². The number of hydrogen-bond donors (Lipinski definition) is 1. The van der Waals surface area contributed by atoms with E-state index in [4.69, 9.17) is 0 Å². The average molecular weight is 281 g/mol. The number of nitrogens with one attached hydrogen (secondary N) is 1. The summed E-state index contributed by atoms with van der Waals surface area (Å²) in [6.07, 6.45) is 7.05. The van der Waals surface area contributed by atoms with Crippen molar-refractivity contribution in [1.82, 2.24) is 15.1 Å². The molecule has 3 heteroatoms. The van der Waals surface area contributed by atoms with Gasteiger partial charge in [-0.2, -0.15) is 0 Å². The topological polar surface area (TPSA) is 18.5 Å². The van der Waals surface area contributed by atoms with Crippen LogP contribution in [0.5, 0.6) is 0 Å². The fourth-order valence-corrected chi connectivity index (χ4v) is 3.82. The smallest absolute Gasteiger partial charge is 0.0113 e. The molecule has 1 heterocycles. The monoisotopic (exact) mass is 281 g/mol. The third-order valence-electron chi connectivity index (χ3n) is 4.93. The van der Waals surface area contributed by atoms with E-state index in [1.54, 1.807) is 0 Å². The van der Waals surface area contributed by atoms with Gasteiger partial charge in [0, 0.05) is 45.3 Å². The molecule has 0 unspecified atom stereocenters. The molecule has 2 fully saturated rings. The second-order valence-electron chi connectivity index (χ2n) is 7.59. The van der Waals surface area contributed by atoms with Crippen molar-refractivity contribution in [3.8, 4) is 0 Å². The van der Waals surface area contributed by atoms with Crippen molar-refractivity contribution in [1.29, 1.82) is 0 Å². The Morgan fingerprint density at radius 2 is 1.70 bits per heavy atom. The van der Waals surface area contributed by atoms with Gasteiger partial charge in [0.15, 0.2) is 0 Å². The molecule has 2 aliphatic rings. The van der Waals surface area contributed by atoms with Crippen molar-refractivity contribution >= 4 is 0 Å². The molecule has 1 aliphatic carbocycles. The highest BCUT2D eigenvalue weighted by molar-refractivity contribution is 4.84. The van der Waals surface area contributed by atoms with Crippen LogP contribution >= 0.6 is 0 Å². The van der Waals surface area contributed by atoms with Crippen molar-refractivity contribution < 1.29 is 0 Å². The molecule has 3 nitrogen and oxygen atoms in total. The van der Waals surface area contributed by atoms with E-state index in [0.29, 0.717) is 5.41 Å². The van der Waals surface area contributed by atoms with Gasteiger partial charge in [-0.1, -0.05) is 33.6 Å². The number of rotatable bonds is 7. The predicted molar refractivity (Wildman–Crippen MR) is 87.2 cm³/mol. The van der Waals surface area contributed by atoms with E-state index in [-0.39, 0.29) is 0 Å². The Balaban J connectivity index is 1.67. The van der Waals surface area contributed by atoms with Crippen molar-refractivity contribution in [2.24, 2.45) is 5.41 Å². The van der Waals surface area contributed by atoms with Crippen LogP contribution in [-0.4, -0.2) is 61.7 Å². The first-order chi connectivity index (χ1) is 9.61. The molecule has 0 aromatic heterocycles. The summed E-state index contributed by atoms with van der Waals surface area (Å²) in [5.74, 6) is 0. The molecule has 1 saturated carbocycles. The highest BCUT2D eigenvalue weighted by atomic mass is 15.3. The normalized spacial score (nSPS) is 23.6. The lowest BCUT2D eigenvalue weighted by atomic mass is 9.92. The molecular weight excluding hydrogens is 246 g/mol. The van der Waals surface area contributed by atoms with Crippen LogP contribution in [0.4, 0.5) is 0 Å². The lowest BCUT2D eigenvalue weighted by Crippen LogP contribution is -2.52.